The Hall–Kier alpha value is -0.610. The van der Waals surface area contributed by atoms with Crippen LogP contribution in [-0.4, -0.2) is 24.3 Å². The number of rotatable bonds is 3. The third-order valence-electron chi connectivity index (χ3n) is 0.995. The van der Waals surface area contributed by atoms with Crippen molar-refractivity contribution >= 4 is 6.34 Å². The number of nitrogens with one attached hydrogen (secondary N) is 1. The second-order valence-electron chi connectivity index (χ2n) is 1.35. The summed E-state index contributed by atoms with van der Waals surface area (Å²) in [6, 6.07) is 0. The molecule has 0 aromatic rings. The van der Waals surface area contributed by atoms with Crippen LogP contribution >= 0.6 is 0 Å². The number of hydrogen-bond donors (Lipinski definition) is 3. The number of hydrogen-bond acceptors (Lipinski definition) is 3. The first-order valence-electron chi connectivity index (χ1n) is 2.93. The highest BCUT2D eigenvalue weighted by molar-refractivity contribution is 5.50. The predicted octanol–water partition coefficient (Wildman–Crippen LogP) is -0.246. The Kier molecular flexibility index (Phi) is 13.0. The van der Waals surface area contributed by atoms with E-state index in [9.17, 15) is 0 Å². The molecule has 9 heavy (non-hydrogen) atoms. The molecule has 0 unspecified atom stereocenters. The van der Waals surface area contributed by atoms with Crippen molar-refractivity contribution in [1.82, 2.24) is 4.90 Å². The molecule has 4 heteroatoms. The Morgan fingerprint density at radius 2 is 1.67 bits per heavy atom. The Morgan fingerprint density at radius 3 is 1.67 bits per heavy atom. The lowest BCUT2D eigenvalue weighted by Gasteiger charge is -2.11. The second kappa shape index (κ2) is 10.4. The van der Waals surface area contributed by atoms with Gasteiger partial charge in [0.2, 0.25) is 0 Å². The largest absolute Gasteiger partial charge is 0.364 e. The van der Waals surface area contributed by atoms with Crippen molar-refractivity contribution in [3.63, 3.8) is 0 Å². The van der Waals surface area contributed by atoms with E-state index in [2.05, 4.69) is 11.7 Å². The molecule has 0 fully saturated rings. The topological polar surface area (TPSA) is 79.1 Å². The van der Waals surface area contributed by atoms with Crippen molar-refractivity contribution in [2.75, 3.05) is 13.1 Å². The minimum atomic E-state index is 0.944. The molecular weight excluding hydrogens is 116 g/mol. The van der Waals surface area contributed by atoms with E-state index < -0.39 is 0 Å². The van der Waals surface area contributed by atoms with Gasteiger partial charge in [0.15, 0.2) is 0 Å². The zero-order chi connectivity index (χ0) is 7.70. The fourth-order valence-corrected chi connectivity index (χ4v) is 0.406. The van der Waals surface area contributed by atoms with Crippen molar-refractivity contribution < 1.29 is 0 Å². The average Bonchev–Trinajstić information content (AvgIpc) is 1.96. The summed E-state index contributed by atoms with van der Waals surface area (Å²) < 4.78 is 0. The highest BCUT2D eigenvalue weighted by atomic mass is 15.1. The van der Waals surface area contributed by atoms with Gasteiger partial charge in [-0.15, -0.1) is 0 Å². The molecule has 0 saturated heterocycles. The van der Waals surface area contributed by atoms with Gasteiger partial charge in [0, 0.05) is 13.1 Å². The smallest absolute Gasteiger partial charge is 0.0817 e. The van der Waals surface area contributed by atoms with Crippen molar-refractivity contribution in [3.05, 3.63) is 0 Å². The molecule has 0 aromatic carbocycles. The monoisotopic (exact) mass is 132 g/mol. The maximum atomic E-state index is 6.76. The second-order valence-corrected chi connectivity index (χ2v) is 1.35. The van der Waals surface area contributed by atoms with Crippen molar-refractivity contribution in [2.24, 2.45) is 11.7 Å². The molecule has 56 valence electrons. The van der Waals surface area contributed by atoms with Crippen LogP contribution in [0, 0.1) is 5.41 Å². The standard InChI is InChI=1S/C5H12N2.H4N2/c1-3-7(4-2)5-6;1-2/h5-6H,3-4H2,1-2H3;1-2H2. The first-order chi connectivity index (χ1) is 4.35. The fourth-order valence-electron chi connectivity index (χ4n) is 0.406. The van der Waals surface area contributed by atoms with Crippen molar-refractivity contribution in [1.29, 1.82) is 5.41 Å². The highest BCUT2D eigenvalue weighted by Crippen LogP contribution is 1.76. The number of nitrogens with two attached hydrogens (primary N) is 2. The molecule has 5 N–H and O–H groups in total. The minimum Gasteiger partial charge on any atom is -0.364 e. The van der Waals surface area contributed by atoms with E-state index in [4.69, 9.17) is 5.41 Å². The SMILES string of the molecule is CCN(C=N)CC.NN. The third-order valence-corrected chi connectivity index (χ3v) is 0.995. The summed E-state index contributed by atoms with van der Waals surface area (Å²) in [7, 11) is 0. The van der Waals surface area contributed by atoms with Gasteiger partial charge in [-0.05, 0) is 13.8 Å². The molecule has 0 rings (SSSR count). The molecular formula is C5H16N4. The van der Waals surface area contributed by atoms with Gasteiger partial charge in [-0.3, -0.25) is 17.1 Å². The Bertz CT molecular complexity index is 50.9. The van der Waals surface area contributed by atoms with Crippen LogP contribution in [0.3, 0.4) is 0 Å². The molecule has 0 aliphatic carbocycles. The van der Waals surface area contributed by atoms with E-state index in [1.54, 1.807) is 0 Å². The van der Waals surface area contributed by atoms with Gasteiger partial charge in [0.05, 0.1) is 6.34 Å². The minimum absolute atomic E-state index is 0.944. The van der Waals surface area contributed by atoms with Crippen LogP contribution in [0.1, 0.15) is 13.8 Å². The molecule has 0 radical (unpaired) electrons. The molecule has 0 saturated carbocycles. The molecule has 0 aliphatic rings. The molecule has 0 bridgehead atoms. The lowest BCUT2D eigenvalue weighted by molar-refractivity contribution is 0.477. The molecule has 0 heterocycles. The van der Waals surface area contributed by atoms with Gasteiger partial charge >= 0.3 is 0 Å². The Morgan fingerprint density at radius 1 is 1.33 bits per heavy atom. The van der Waals surface area contributed by atoms with Crippen molar-refractivity contribution in [2.45, 2.75) is 13.8 Å². The summed E-state index contributed by atoms with van der Waals surface area (Å²) in [5, 5.41) is 6.76. The molecule has 0 atom stereocenters. The van der Waals surface area contributed by atoms with Gasteiger partial charge < -0.3 is 4.90 Å². The lowest BCUT2D eigenvalue weighted by Crippen LogP contribution is -2.19. The average molecular weight is 132 g/mol. The van der Waals surface area contributed by atoms with E-state index in [1.807, 2.05) is 18.7 Å². The summed E-state index contributed by atoms with van der Waals surface area (Å²) in [6.07, 6.45) is 1.36. The van der Waals surface area contributed by atoms with Crippen LogP contribution in [0.4, 0.5) is 0 Å². The summed E-state index contributed by atoms with van der Waals surface area (Å²) >= 11 is 0. The lowest BCUT2D eigenvalue weighted by atomic mass is 10.6. The summed E-state index contributed by atoms with van der Waals surface area (Å²) in [5.74, 6) is 8.00. The predicted molar refractivity (Wildman–Crippen MR) is 40.1 cm³/mol. The van der Waals surface area contributed by atoms with Crippen LogP contribution in [0.15, 0.2) is 0 Å². The molecule has 0 amide bonds. The van der Waals surface area contributed by atoms with Gasteiger partial charge in [-0.2, -0.15) is 0 Å². The van der Waals surface area contributed by atoms with E-state index in [0.717, 1.165) is 13.1 Å². The van der Waals surface area contributed by atoms with E-state index in [-0.39, 0.29) is 0 Å². The van der Waals surface area contributed by atoms with Gasteiger partial charge in [0.1, 0.15) is 0 Å². The van der Waals surface area contributed by atoms with Crippen molar-refractivity contribution in [3.8, 4) is 0 Å². The molecule has 0 aromatic heterocycles. The summed E-state index contributed by atoms with van der Waals surface area (Å²) in [6.45, 7) is 5.96. The summed E-state index contributed by atoms with van der Waals surface area (Å²) in [4.78, 5) is 1.92. The normalized spacial score (nSPS) is 7.11. The first-order valence-corrected chi connectivity index (χ1v) is 2.93. The van der Waals surface area contributed by atoms with Gasteiger partial charge in [-0.1, -0.05) is 0 Å². The zero-order valence-corrected chi connectivity index (χ0v) is 6.09. The van der Waals surface area contributed by atoms with E-state index in [0.29, 0.717) is 0 Å². The maximum absolute atomic E-state index is 6.76. The van der Waals surface area contributed by atoms with E-state index >= 15 is 0 Å². The highest BCUT2D eigenvalue weighted by Gasteiger charge is 1.84. The van der Waals surface area contributed by atoms with Gasteiger partial charge in [-0.25, -0.2) is 0 Å². The molecule has 0 aliphatic heterocycles. The van der Waals surface area contributed by atoms with Crippen LogP contribution in [0.2, 0.25) is 0 Å². The Balaban J connectivity index is 0. The van der Waals surface area contributed by atoms with Crippen LogP contribution in [0.5, 0.6) is 0 Å². The van der Waals surface area contributed by atoms with Gasteiger partial charge in [0.25, 0.3) is 0 Å². The molecule has 0 spiro atoms. The van der Waals surface area contributed by atoms with E-state index in [1.165, 1.54) is 6.34 Å². The van der Waals surface area contributed by atoms with Crippen LogP contribution in [-0.2, 0) is 0 Å². The number of nitrogens with zero attached hydrogens (tertiary/aromatic N) is 1. The van der Waals surface area contributed by atoms with Crippen LogP contribution < -0.4 is 11.7 Å². The summed E-state index contributed by atoms with van der Waals surface area (Å²) in [5.41, 5.74) is 0. The first kappa shape index (κ1) is 11.2. The third kappa shape index (κ3) is 7.39. The fraction of sp³-hybridized carbons (Fsp3) is 0.800. The quantitative estimate of drug-likeness (QED) is 0.214. The molecule has 4 nitrogen and oxygen atoms in total. The zero-order valence-electron chi connectivity index (χ0n) is 6.09. The maximum Gasteiger partial charge on any atom is 0.0817 e. The Labute approximate surface area is 56.3 Å². The number of hydrazine groups is 1. The van der Waals surface area contributed by atoms with Crippen LogP contribution in [0.25, 0.3) is 0 Å².